The van der Waals surface area contributed by atoms with Gasteiger partial charge in [0.05, 0.1) is 5.69 Å². The van der Waals surface area contributed by atoms with Crippen molar-refractivity contribution in [1.82, 2.24) is 9.78 Å². The average Bonchev–Trinajstić information content (AvgIpc) is 3.02. The monoisotopic (exact) mass is 322 g/mol. The van der Waals surface area contributed by atoms with E-state index in [0.717, 1.165) is 43.6 Å². The van der Waals surface area contributed by atoms with E-state index in [2.05, 4.69) is 10.4 Å². The molecule has 2 rings (SSSR count). The molecule has 120 valence electrons. The van der Waals surface area contributed by atoms with Gasteiger partial charge in [-0.2, -0.15) is 5.10 Å². The molecule has 0 bridgehead atoms. The van der Waals surface area contributed by atoms with Crippen molar-refractivity contribution >= 4 is 24.0 Å². The van der Waals surface area contributed by atoms with Gasteiger partial charge in [-0.25, -0.2) is 4.68 Å². The van der Waals surface area contributed by atoms with Gasteiger partial charge in [0.15, 0.2) is 0 Å². The van der Waals surface area contributed by atoms with Crippen LogP contribution in [0.3, 0.4) is 0 Å². The van der Waals surface area contributed by atoms with Crippen LogP contribution in [-0.4, -0.2) is 22.2 Å². The largest absolute Gasteiger partial charge is 0.330 e. The zero-order chi connectivity index (χ0) is 14.9. The van der Waals surface area contributed by atoms with Crippen LogP contribution in [0.1, 0.15) is 32.1 Å². The Morgan fingerprint density at radius 2 is 1.86 bits per heavy atom. The van der Waals surface area contributed by atoms with Gasteiger partial charge < -0.3 is 11.1 Å². The molecule has 0 unspecified atom stereocenters. The highest BCUT2D eigenvalue weighted by atomic mass is 35.5. The lowest BCUT2D eigenvalue weighted by molar-refractivity contribution is -0.116. The molecule has 0 fully saturated rings. The van der Waals surface area contributed by atoms with Crippen LogP contribution in [0.2, 0.25) is 0 Å². The van der Waals surface area contributed by atoms with E-state index in [1.54, 1.807) is 10.9 Å². The van der Waals surface area contributed by atoms with Crippen LogP contribution in [0.5, 0.6) is 0 Å². The molecule has 6 heteroatoms. The van der Waals surface area contributed by atoms with Gasteiger partial charge in [-0.3, -0.25) is 4.79 Å². The summed E-state index contributed by atoms with van der Waals surface area (Å²) in [6.45, 7) is 0.731. The number of rotatable bonds is 8. The van der Waals surface area contributed by atoms with Crippen molar-refractivity contribution in [3.8, 4) is 5.69 Å². The minimum Gasteiger partial charge on any atom is -0.330 e. The van der Waals surface area contributed by atoms with E-state index in [1.807, 2.05) is 36.5 Å². The number of anilines is 1. The number of amides is 1. The summed E-state index contributed by atoms with van der Waals surface area (Å²) in [5.74, 6) is 0.0644. The van der Waals surface area contributed by atoms with Crippen molar-refractivity contribution in [2.45, 2.75) is 32.1 Å². The van der Waals surface area contributed by atoms with Crippen molar-refractivity contribution in [3.05, 3.63) is 42.7 Å². The molecule has 0 aliphatic carbocycles. The van der Waals surface area contributed by atoms with Crippen LogP contribution < -0.4 is 11.1 Å². The number of benzene rings is 1. The van der Waals surface area contributed by atoms with Gasteiger partial charge in [0.25, 0.3) is 0 Å². The number of nitrogens with zero attached hydrogens (tertiary/aromatic N) is 2. The minimum absolute atomic E-state index is 0. The molecule has 22 heavy (non-hydrogen) atoms. The Kier molecular flexibility index (Phi) is 8.25. The Hall–Kier alpha value is -1.85. The van der Waals surface area contributed by atoms with Crippen molar-refractivity contribution in [2.75, 3.05) is 11.9 Å². The molecule has 5 nitrogen and oxygen atoms in total. The summed E-state index contributed by atoms with van der Waals surface area (Å²) in [5.41, 5.74) is 7.22. The van der Waals surface area contributed by atoms with E-state index in [-0.39, 0.29) is 18.3 Å². The van der Waals surface area contributed by atoms with Crippen LogP contribution in [-0.2, 0) is 4.79 Å². The number of halogens is 1. The van der Waals surface area contributed by atoms with E-state index in [9.17, 15) is 4.79 Å². The molecule has 0 radical (unpaired) electrons. The molecule has 0 aliphatic rings. The molecule has 0 atom stereocenters. The van der Waals surface area contributed by atoms with Crippen LogP contribution in [0.15, 0.2) is 42.7 Å². The number of carbonyl (C=O) groups excluding carboxylic acids is 1. The number of nitrogens with one attached hydrogen (secondary N) is 1. The molecular weight excluding hydrogens is 300 g/mol. The van der Waals surface area contributed by atoms with Gasteiger partial charge in [0.2, 0.25) is 5.91 Å². The van der Waals surface area contributed by atoms with Gasteiger partial charge >= 0.3 is 0 Å². The predicted molar refractivity (Wildman–Crippen MR) is 91.6 cm³/mol. The van der Waals surface area contributed by atoms with Gasteiger partial charge in [0, 0.05) is 24.5 Å². The Labute approximate surface area is 137 Å². The van der Waals surface area contributed by atoms with Crippen molar-refractivity contribution in [2.24, 2.45) is 5.73 Å². The topological polar surface area (TPSA) is 72.9 Å². The highest BCUT2D eigenvalue weighted by Crippen LogP contribution is 2.13. The van der Waals surface area contributed by atoms with E-state index in [1.165, 1.54) is 0 Å². The highest BCUT2D eigenvalue weighted by molar-refractivity contribution is 5.90. The normalized spacial score (nSPS) is 10.0. The first-order valence-electron chi connectivity index (χ1n) is 7.39. The maximum absolute atomic E-state index is 11.8. The molecule has 1 aromatic heterocycles. The third kappa shape index (κ3) is 5.87. The molecule has 0 saturated carbocycles. The summed E-state index contributed by atoms with van der Waals surface area (Å²) in [4.78, 5) is 11.8. The maximum atomic E-state index is 11.8. The SMILES string of the molecule is Cl.NCCCCCCC(=O)Nc1ccc(-n2cccn2)cc1. The smallest absolute Gasteiger partial charge is 0.224 e. The molecule has 3 N–H and O–H groups in total. The number of carbonyl (C=O) groups is 1. The second-order valence-electron chi connectivity index (χ2n) is 5.00. The number of aromatic nitrogens is 2. The molecule has 0 saturated heterocycles. The third-order valence-corrected chi connectivity index (χ3v) is 3.28. The first-order chi connectivity index (χ1) is 10.3. The van der Waals surface area contributed by atoms with E-state index >= 15 is 0 Å². The quantitative estimate of drug-likeness (QED) is 0.733. The van der Waals surface area contributed by atoms with Crippen molar-refractivity contribution < 1.29 is 4.79 Å². The zero-order valence-electron chi connectivity index (χ0n) is 12.6. The fourth-order valence-electron chi connectivity index (χ4n) is 2.13. The highest BCUT2D eigenvalue weighted by Gasteiger charge is 2.03. The predicted octanol–water partition coefficient (Wildman–Crippen LogP) is 3.14. The van der Waals surface area contributed by atoms with E-state index in [0.29, 0.717) is 6.42 Å². The first kappa shape index (κ1) is 18.2. The maximum Gasteiger partial charge on any atom is 0.224 e. The van der Waals surface area contributed by atoms with Crippen LogP contribution in [0.4, 0.5) is 5.69 Å². The molecule has 0 aliphatic heterocycles. The minimum atomic E-state index is 0. The van der Waals surface area contributed by atoms with Gasteiger partial charge in [-0.05, 0) is 49.7 Å². The van der Waals surface area contributed by atoms with Crippen molar-refractivity contribution in [3.63, 3.8) is 0 Å². The van der Waals surface area contributed by atoms with Crippen LogP contribution in [0.25, 0.3) is 5.69 Å². The Morgan fingerprint density at radius 1 is 1.14 bits per heavy atom. The Balaban J connectivity index is 0.00000242. The molecule has 1 amide bonds. The Bertz CT molecular complexity index is 540. The van der Waals surface area contributed by atoms with Gasteiger partial charge in [-0.1, -0.05) is 12.8 Å². The molecule has 1 heterocycles. The third-order valence-electron chi connectivity index (χ3n) is 3.28. The Morgan fingerprint density at radius 3 is 2.50 bits per heavy atom. The fraction of sp³-hybridized carbons (Fsp3) is 0.375. The number of hydrogen-bond donors (Lipinski definition) is 2. The lowest BCUT2D eigenvalue weighted by Crippen LogP contribution is -2.11. The number of nitrogens with two attached hydrogens (primary N) is 1. The summed E-state index contributed by atoms with van der Waals surface area (Å²) in [6.07, 6.45) is 8.29. The van der Waals surface area contributed by atoms with Crippen LogP contribution >= 0.6 is 12.4 Å². The lowest BCUT2D eigenvalue weighted by atomic mass is 10.1. The zero-order valence-corrected chi connectivity index (χ0v) is 13.4. The summed E-state index contributed by atoms with van der Waals surface area (Å²) in [5, 5.41) is 7.07. The average molecular weight is 323 g/mol. The van der Waals surface area contributed by atoms with Crippen molar-refractivity contribution in [1.29, 1.82) is 0 Å². The van der Waals surface area contributed by atoms with Gasteiger partial charge in [-0.15, -0.1) is 12.4 Å². The second kappa shape index (κ2) is 9.97. The van der Waals surface area contributed by atoms with E-state index in [4.69, 9.17) is 5.73 Å². The summed E-state index contributed by atoms with van der Waals surface area (Å²) >= 11 is 0. The molecule has 0 spiro atoms. The van der Waals surface area contributed by atoms with Gasteiger partial charge in [0.1, 0.15) is 0 Å². The second-order valence-corrected chi connectivity index (χ2v) is 5.00. The molecule has 2 aromatic rings. The summed E-state index contributed by atoms with van der Waals surface area (Å²) in [7, 11) is 0. The van der Waals surface area contributed by atoms with E-state index < -0.39 is 0 Å². The number of hydrogen-bond acceptors (Lipinski definition) is 3. The standard InChI is InChI=1S/C16H22N4O.ClH/c17-11-4-2-1-3-6-16(21)19-14-7-9-15(10-8-14)20-13-5-12-18-20;/h5,7-10,12-13H,1-4,6,11,17H2,(H,19,21);1H. The lowest BCUT2D eigenvalue weighted by Gasteiger charge is -2.07. The van der Waals surface area contributed by atoms with Crippen LogP contribution in [0, 0.1) is 0 Å². The summed E-state index contributed by atoms with van der Waals surface area (Å²) < 4.78 is 1.78. The fourth-order valence-corrected chi connectivity index (χ4v) is 2.13. The summed E-state index contributed by atoms with van der Waals surface area (Å²) in [6, 6.07) is 9.53. The number of unbranched alkanes of at least 4 members (excludes halogenated alkanes) is 3. The first-order valence-corrected chi connectivity index (χ1v) is 7.39. The molecule has 1 aromatic carbocycles. The molecular formula is C16H23ClN4O.